The molecule has 2 N–H and O–H groups in total. The minimum Gasteiger partial charge on any atom is -0.465 e. The summed E-state index contributed by atoms with van der Waals surface area (Å²) >= 11 is 5.32. The lowest BCUT2D eigenvalue weighted by Crippen LogP contribution is -2.19. The SMILES string of the molecule is COC(=O)c1cccc(NC(=S)Nc2ccc(C(C)(C)C)cc2)c1. The summed E-state index contributed by atoms with van der Waals surface area (Å²) in [6.07, 6.45) is 0. The van der Waals surface area contributed by atoms with Crippen LogP contribution in [0.2, 0.25) is 0 Å². The van der Waals surface area contributed by atoms with Crippen LogP contribution in [-0.2, 0) is 10.2 Å². The number of anilines is 2. The van der Waals surface area contributed by atoms with Gasteiger partial charge in [0.05, 0.1) is 12.7 Å². The fourth-order valence-electron chi connectivity index (χ4n) is 2.19. The number of ether oxygens (including phenoxy) is 1. The second kappa shape index (κ2) is 7.45. The Bertz CT molecular complexity index is 734. The molecule has 0 aliphatic rings. The first kappa shape index (κ1) is 17.9. The molecule has 0 fully saturated rings. The molecule has 2 aromatic rings. The first-order valence-electron chi connectivity index (χ1n) is 7.66. The molecular weight excluding hydrogens is 320 g/mol. The molecule has 0 aromatic heterocycles. The Morgan fingerprint density at radius 1 is 1.00 bits per heavy atom. The number of rotatable bonds is 3. The second-order valence-corrected chi connectivity index (χ2v) is 6.89. The minimum absolute atomic E-state index is 0.117. The summed E-state index contributed by atoms with van der Waals surface area (Å²) in [6.45, 7) is 6.53. The van der Waals surface area contributed by atoms with Gasteiger partial charge in [-0.1, -0.05) is 39.0 Å². The molecule has 0 spiro atoms. The van der Waals surface area contributed by atoms with Gasteiger partial charge in [0.15, 0.2) is 5.11 Å². The van der Waals surface area contributed by atoms with Crippen molar-refractivity contribution in [3.8, 4) is 0 Å². The van der Waals surface area contributed by atoms with E-state index in [4.69, 9.17) is 17.0 Å². The van der Waals surface area contributed by atoms with E-state index in [1.165, 1.54) is 12.7 Å². The van der Waals surface area contributed by atoms with Crippen LogP contribution in [0.1, 0.15) is 36.7 Å². The molecule has 126 valence electrons. The van der Waals surface area contributed by atoms with Gasteiger partial charge in [0.2, 0.25) is 0 Å². The summed E-state index contributed by atoms with van der Waals surface area (Å²) in [4.78, 5) is 11.6. The lowest BCUT2D eigenvalue weighted by molar-refractivity contribution is 0.0601. The number of esters is 1. The zero-order valence-electron chi connectivity index (χ0n) is 14.3. The van der Waals surface area contributed by atoms with Crippen LogP contribution >= 0.6 is 12.2 Å². The van der Waals surface area contributed by atoms with E-state index >= 15 is 0 Å². The first-order valence-corrected chi connectivity index (χ1v) is 8.07. The number of carbonyl (C=O) groups excluding carboxylic acids is 1. The van der Waals surface area contributed by atoms with E-state index in [1.807, 2.05) is 18.2 Å². The van der Waals surface area contributed by atoms with Crippen molar-refractivity contribution >= 4 is 34.7 Å². The number of hydrogen-bond acceptors (Lipinski definition) is 3. The predicted molar refractivity (Wildman–Crippen MR) is 103 cm³/mol. The van der Waals surface area contributed by atoms with Crippen molar-refractivity contribution in [1.82, 2.24) is 0 Å². The topological polar surface area (TPSA) is 50.4 Å². The number of carbonyl (C=O) groups is 1. The minimum atomic E-state index is -0.379. The maximum absolute atomic E-state index is 11.6. The van der Waals surface area contributed by atoms with Crippen LogP contribution in [0.3, 0.4) is 0 Å². The number of methoxy groups -OCH3 is 1. The summed E-state index contributed by atoms with van der Waals surface area (Å²) < 4.78 is 4.72. The molecule has 0 radical (unpaired) electrons. The van der Waals surface area contributed by atoms with Crippen molar-refractivity contribution in [2.24, 2.45) is 0 Å². The van der Waals surface area contributed by atoms with Crippen LogP contribution in [0.5, 0.6) is 0 Å². The first-order chi connectivity index (χ1) is 11.3. The normalized spacial score (nSPS) is 10.8. The van der Waals surface area contributed by atoms with Gasteiger partial charge in [0, 0.05) is 11.4 Å². The Hall–Kier alpha value is -2.40. The zero-order chi connectivity index (χ0) is 17.7. The van der Waals surface area contributed by atoms with Crippen molar-refractivity contribution in [3.63, 3.8) is 0 Å². The highest BCUT2D eigenvalue weighted by Crippen LogP contribution is 2.23. The van der Waals surface area contributed by atoms with E-state index < -0.39 is 0 Å². The van der Waals surface area contributed by atoms with Gasteiger partial charge in [0.25, 0.3) is 0 Å². The third kappa shape index (κ3) is 4.80. The molecule has 2 rings (SSSR count). The number of nitrogens with one attached hydrogen (secondary N) is 2. The van der Waals surface area contributed by atoms with Crippen LogP contribution in [-0.4, -0.2) is 18.2 Å². The van der Waals surface area contributed by atoms with E-state index in [1.54, 1.807) is 18.2 Å². The average molecular weight is 342 g/mol. The van der Waals surface area contributed by atoms with Gasteiger partial charge in [-0.3, -0.25) is 0 Å². The van der Waals surface area contributed by atoms with Gasteiger partial charge >= 0.3 is 5.97 Å². The smallest absolute Gasteiger partial charge is 0.337 e. The van der Waals surface area contributed by atoms with Gasteiger partial charge < -0.3 is 15.4 Å². The Labute approximate surface area is 148 Å². The summed E-state index contributed by atoms with van der Waals surface area (Å²) in [5.41, 5.74) is 3.48. The van der Waals surface area contributed by atoms with Gasteiger partial charge in [0.1, 0.15) is 0 Å². The summed E-state index contributed by atoms with van der Waals surface area (Å²) in [7, 11) is 1.36. The monoisotopic (exact) mass is 342 g/mol. The number of thiocarbonyl (C=S) groups is 1. The summed E-state index contributed by atoms with van der Waals surface area (Å²) in [5, 5.41) is 6.66. The quantitative estimate of drug-likeness (QED) is 0.632. The van der Waals surface area contributed by atoms with Gasteiger partial charge in [-0.05, 0) is 53.5 Å². The lowest BCUT2D eigenvalue weighted by Gasteiger charge is -2.19. The van der Waals surface area contributed by atoms with Crippen molar-refractivity contribution in [2.45, 2.75) is 26.2 Å². The maximum atomic E-state index is 11.6. The fourth-order valence-corrected chi connectivity index (χ4v) is 2.42. The van der Waals surface area contributed by atoms with Crippen molar-refractivity contribution in [2.75, 3.05) is 17.7 Å². The van der Waals surface area contributed by atoms with E-state index in [0.29, 0.717) is 10.7 Å². The van der Waals surface area contributed by atoms with E-state index in [-0.39, 0.29) is 11.4 Å². The third-order valence-corrected chi connectivity index (χ3v) is 3.75. The Morgan fingerprint density at radius 2 is 1.62 bits per heavy atom. The molecule has 5 heteroatoms. The highest BCUT2D eigenvalue weighted by molar-refractivity contribution is 7.80. The molecule has 2 aromatic carbocycles. The lowest BCUT2D eigenvalue weighted by atomic mass is 9.87. The number of hydrogen-bond donors (Lipinski definition) is 2. The average Bonchev–Trinajstić information content (AvgIpc) is 2.54. The molecular formula is C19H22N2O2S. The maximum Gasteiger partial charge on any atom is 0.337 e. The Kier molecular flexibility index (Phi) is 5.57. The molecule has 0 saturated carbocycles. The van der Waals surface area contributed by atoms with Crippen molar-refractivity contribution in [1.29, 1.82) is 0 Å². The standard InChI is InChI=1S/C19H22N2O2S/c1-19(2,3)14-8-10-15(11-9-14)20-18(24)21-16-7-5-6-13(12-16)17(22)23-4/h5-12H,1-4H3,(H2,20,21,24). The van der Waals surface area contributed by atoms with Gasteiger partial charge in [-0.25, -0.2) is 4.79 Å². The molecule has 24 heavy (non-hydrogen) atoms. The molecule has 0 heterocycles. The predicted octanol–water partition coefficient (Wildman–Crippen LogP) is 4.58. The number of benzene rings is 2. The molecule has 0 atom stereocenters. The molecule has 0 aliphatic carbocycles. The Morgan fingerprint density at radius 3 is 2.21 bits per heavy atom. The van der Waals surface area contributed by atoms with Gasteiger partial charge in [-0.2, -0.15) is 0 Å². The fraction of sp³-hybridized carbons (Fsp3) is 0.263. The van der Waals surface area contributed by atoms with Gasteiger partial charge in [-0.15, -0.1) is 0 Å². The van der Waals surface area contributed by atoms with E-state index in [0.717, 1.165) is 11.4 Å². The summed E-state index contributed by atoms with van der Waals surface area (Å²) in [5.74, 6) is -0.379. The van der Waals surface area contributed by atoms with Crippen molar-refractivity contribution < 1.29 is 9.53 Å². The van der Waals surface area contributed by atoms with Crippen molar-refractivity contribution in [3.05, 3.63) is 59.7 Å². The zero-order valence-corrected chi connectivity index (χ0v) is 15.2. The highest BCUT2D eigenvalue weighted by atomic mass is 32.1. The van der Waals surface area contributed by atoms with Crippen LogP contribution in [0.15, 0.2) is 48.5 Å². The Balaban J connectivity index is 2.02. The molecule has 0 saturated heterocycles. The van der Waals surface area contributed by atoms with Crippen LogP contribution in [0, 0.1) is 0 Å². The third-order valence-electron chi connectivity index (χ3n) is 3.55. The van der Waals surface area contributed by atoms with E-state index in [9.17, 15) is 4.79 Å². The van der Waals surface area contributed by atoms with Crippen LogP contribution in [0.25, 0.3) is 0 Å². The molecule has 4 nitrogen and oxygen atoms in total. The molecule has 0 amide bonds. The van der Waals surface area contributed by atoms with E-state index in [2.05, 4.69) is 43.5 Å². The largest absolute Gasteiger partial charge is 0.465 e. The summed E-state index contributed by atoms with van der Waals surface area (Å²) in [6, 6.07) is 15.2. The molecule has 0 unspecified atom stereocenters. The highest BCUT2D eigenvalue weighted by Gasteiger charge is 2.13. The van der Waals surface area contributed by atoms with Crippen LogP contribution in [0.4, 0.5) is 11.4 Å². The van der Waals surface area contributed by atoms with Crippen LogP contribution < -0.4 is 10.6 Å². The molecule has 0 bridgehead atoms. The second-order valence-electron chi connectivity index (χ2n) is 6.48. The molecule has 0 aliphatic heterocycles.